The summed E-state index contributed by atoms with van der Waals surface area (Å²) in [6.07, 6.45) is 0. The Kier molecular flexibility index (Phi) is 3.74. The first kappa shape index (κ1) is 12.8. The van der Waals surface area contributed by atoms with Gasteiger partial charge in [0.15, 0.2) is 0 Å². The maximum Gasteiger partial charge on any atom is 0.127 e. The van der Waals surface area contributed by atoms with E-state index in [9.17, 15) is 5.11 Å². The average molecular weight is 271 g/mol. The van der Waals surface area contributed by atoms with E-state index in [0.29, 0.717) is 13.2 Å². The molecular formula is C16H17NO3. The lowest BCUT2D eigenvalue weighted by atomic mass is 10.1. The molecule has 4 heteroatoms. The number of hydrogen-bond acceptors (Lipinski definition) is 4. The lowest BCUT2D eigenvalue weighted by Crippen LogP contribution is -2.27. The van der Waals surface area contributed by atoms with Gasteiger partial charge in [-0.15, -0.1) is 0 Å². The molecule has 0 amide bonds. The van der Waals surface area contributed by atoms with Crippen LogP contribution in [-0.4, -0.2) is 24.9 Å². The zero-order valence-corrected chi connectivity index (χ0v) is 11.1. The second-order valence-corrected chi connectivity index (χ2v) is 4.70. The highest BCUT2D eigenvalue weighted by Gasteiger charge is 2.23. The maximum atomic E-state index is 9.40. The summed E-state index contributed by atoms with van der Waals surface area (Å²) < 4.78 is 11.2. The first-order valence-electron chi connectivity index (χ1n) is 6.70. The number of hydrogen-bond donors (Lipinski definition) is 2. The molecule has 2 aromatic carbocycles. The minimum Gasteiger partial charge on any atom is -0.508 e. The van der Waals surface area contributed by atoms with Crippen molar-refractivity contribution in [2.45, 2.75) is 6.04 Å². The van der Waals surface area contributed by atoms with E-state index in [1.165, 1.54) is 0 Å². The van der Waals surface area contributed by atoms with E-state index < -0.39 is 0 Å². The Morgan fingerprint density at radius 3 is 2.90 bits per heavy atom. The van der Waals surface area contributed by atoms with Gasteiger partial charge in [0.25, 0.3) is 0 Å². The third-order valence-corrected chi connectivity index (χ3v) is 3.28. The van der Waals surface area contributed by atoms with Crippen LogP contribution in [0.15, 0.2) is 48.5 Å². The van der Waals surface area contributed by atoms with Gasteiger partial charge < -0.3 is 19.9 Å². The molecule has 0 bridgehead atoms. The monoisotopic (exact) mass is 271 g/mol. The number of para-hydroxylation sites is 1. The van der Waals surface area contributed by atoms with Crippen LogP contribution in [0.1, 0.15) is 11.6 Å². The second kappa shape index (κ2) is 5.84. The van der Waals surface area contributed by atoms with Crippen molar-refractivity contribution < 1.29 is 14.6 Å². The van der Waals surface area contributed by atoms with Crippen LogP contribution in [0.3, 0.4) is 0 Å². The fraction of sp³-hybridized carbons (Fsp3) is 0.250. The van der Waals surface area contributed by atoms with Crippen LogP contribution in [0.25, 0.3) is 0 Å². The molecule has 0 radical (unpaired) electrons. The summed E-state index contributed by atoms with van der Waals surface area (Å²) in [6.45, 7) is 1.93. The molecule has 1 aliphatic rings. The van der Waals surface area contributed by atoms with Crippen molar-refractivity contribution in [3.8, 4) is 17.2 Å². The normalized spacial score (nSPS) is 16.5. The molecule has 104 valence electrons. The summed E-state index contributed by atoms with van der Waals surface area (Å²) in [5.41, 5.74) is 1.09. The highest BCUT2D eigenvalue weighted by molar-refractivity contribution is 5.44. The third kappa shape index (κ3) is 2.86. The molecule has 0 saturated heterocycles. The van der Waals surface area contributed by atoms with Crippen LogP contribution < -0.4 is 14.8 Å². The lowest BCUT2D eigenvalue weighted by Gasteiger charge is -2.12. The maximum absolute atomic E-state index is 9.40. The fourth-order valence-corrected chi connectivity index (χ4v) is 2.29. The van der Waals surface area contributed by atoms with Gasteiger partial charge in [0.1, 0.15) is 30.5 Å². The molecule has 1 atom stereocenters. The molecule has 0 fully saturated rings. The quantitative estimate of drug-likeness (QED) is 0.820. The van der Waals surface area contributed by atoms with E-state index in [4.69, 9.17) is 9.47 Å². The molecule has 2 N–H and O–H groups in total. The van der Waals surface area contributed by atoms with Gasteiger partial charge in [0.2, 0.25) is 0 Å². The molecule has 4 nitrogen and oxygen atoms in total. The highest BCUT2D eigenvalue weighted by atomic mass is 16.5. The number of rotatable bonds is 5. The fourth-order valence-electron chi connectivity index (χ4n) is 2.29. The van der Waals surface area contributed by atoms with Gasteiger partial charge in [-0.3, -0.25) is 0 Å². The molecule has 3 rings (SSSR count). The van der Waals surface area contributed by atoms with Crippen molar-refractivity contribution in [3.63, 3.8) is 0 Å². The van der Waals surface area contributed by atoms with E-state index in [1.807, 2.05) is 36.4 Å². The Morgan fingerprint density at radius 2 is 2.05 bits per heavy atom. The molecule has 1 aliphatic heterocycles. The van der Waals surface area contributed by atoms with E-state index in [0.717, 1.165) is 23.6 Å². The van der Waals surface area contributed by atoms with Crippen molar-refractivity contribution in [1.82, 2.24) is 5.32 Å². The molecule has 0 saturated carbocycles. The van der Waals surface area contributed by atoms with Crippen molar-refractivity contribution in [1.29, 1.82) is 0 Å². The van der Waals surface area contributed by atoms with Crippen LogP contribution in [0.4, 0.5) is 0 Å². The van der Waals surface area contributed by atoms with Crippen molar-refractivity contribution in [3.05, 3.63) is 54.1 Å². The number of phenolic OH excluding ortho intramolecular Hbond substituents is 1. The van der Waals surface area contributed by atoms with E-state index in [1.54, 1.807) is 12.1 Å². The SMILES string of the molecule is Oc1ccc2c(c1)OCC2NCCOc1ccccc1. The molecule has 1 unspecified atom stereocenters. The van der Waals surface area contributed by atoms with Gasteiger partial charge in [-0.05, 0) is 24.3 Å². The van der Waals surface area contributed by atoms with Crippen LogP contribution in [0.5, 0.6) is 17.2 Å². The largest absolute Gasteiger partial charge is 0.508 e. The predicted octanol–water partition coefficient (Wildman–Crippen LogP) is 2.49. The number of phenols is 1. The van der Waals surface area contributed by atoms with Gasteiger partial charge in [-0.25, -0.2) is 0 Å². The van der Waals surface area contributed by atoms with Crippen molar-refractivity contribution in [2.75, 3.05) is 19.8 Å². The van der Waals surface area contributed by atoms with Gasteiger partial charge >= 0.3 is 0 Å². The lowest BCUT2D eigenvalue weighted by molar-refractivity contribution is 0.279. The summed E-state index contributed by atoms with van der Waals surface area (Å²) in [7, 11) is 0. The topological polar surface area (TPSA) is 50.7 Å². The van der Waals surface area contributed by atoms with Gasteiger partial charge in [-0.1, -0.05) is 18.2 Å². The third-order valence-electron chi connectivity index (χ3n) is 3.28. The summed E-state index contributed by atoms with van der Waals surface area (Å²) in [6, 6.07) is 15.1. The molecule has 1 heterocycles. The summed E-state index contributed by atoms with van der Waals surface area (Å²) in [4.78, 5) is 0. The summed E-state index contributed by atoms with van der Waals surface area (Å²) in [5, 5.41) is 12.8. The highest BCUT2D eigenvalue weighted by Crippen LogP contribution is 2.34. The molecule has 20 heavy (non-hydrogen) atoms. The first-order valence-corrected chi connectivity index (χ1v) is 6.70. The zero-order valence-electron chi connectivity index (χ0n) is 11.1. The van der Waals surface area contributed by atoms with E-state index in [-0.39, 0.29) is 11.8 Å². The van der Waals surface area contributed by atoms with Gasteiger partial charge in [-0.2, -0.15) is 0 Å². The van der Waals surface area contributed by atoms with Crippen LogP contribution in [0.2, 0.25) is 0 Å². The molecule has 2 aromatic rings. The minimum atomic E-state index is 0.157. The second-order valence-electron chi connectivity index (χ2n) is 4.70. The number of fused-ring (bicyclic) bond motifs is 1. The molecular weight excluding hydrogens is 254 g/mol. The van der Waals surface area contributed by atoms with Gasteiger partial charge in [0, 0.05) is 18.2 Å². The minimum absolute atomic E-state index is 0.157. The number of benzene rings is 2. The Balaban J connectivity index is 1.49. The first-order chi connectivity index (χ1) is 9.83. The molecule has 0 spiro atoms. The molecule has 0 aromatic heterocycles. The number of ether oxygens (including phenoxy) is 2. The van der Waals surface area contributed by atoms with Gasteiger partial charge in [0.05, 0.1) is 6.04 Å². The Labute approximate surface area is 118 Å². The summed E-state index contributed by atoms with van der Waals surface area (Å²) >= 11 is 0. The average Bonchev–Trinajstić information content (AvgIpc) is 2.87. The van der Waals surface area contributed by atoms with Crippen LogP contribution in [0, 0.1) is 0 Å². The Bertz CT molecular complexity index is 571. The zero-order chi connectivity index (χ0) is 13.8. The summed E-state index contributed by atoms with van der Waals surface area (Å²) in [5.74, 6) is 1.87. The smallest absolute Gasteiger partial charge is 0.127 e. The number of aromatic hydroxyl groups is 1. The van der Waals surface area contributed by atoms with Crippen LogP contribution in [-0.2, 0) is 0 Å². The van der Waals surface area contributed by atoms with E-state index in [2.05, 4.69) is 5.32 Å². The number of nitrogens with one attached hydrogen (secondary N) is 1. The standard InChI is InChI=1S/C16H17NO3/c18-12-6-7-14-15(11-20-16(14)10-12)17-8-9-19-13-4-2-1-3-5-13/h1-7,10,15,17-18H,8-9,11H2. The predicted molar refractivity (Wildman–Crippen MR) is 76.3 cm³/mol. The van der Waals surface area contributed by atoms with Crippen LogP contribution >= 0.6 is 0 Å². The Morgan fingerprint density at radius 1 is 1.20 bits per heavy atom. The van der Waals surface area contributed by atoms with E-state index >= 15 is 0 Å². The van der Waals surface area contributed by atoms with Crippen molar-refractivity contribution >= 4 is 0 Å². The Hall–Kier alpha value is -2.20. The molecule has 0 aliphatic carbocycles. The van der Waals surface area contributed by atoms with Crippen molar-refractivity contribution in [2.24, 2.45) is 0 Å².